The van der Waals surface area contributed by atoms with Crippen molar-refractivity contribution in [3.05, 3.63) is 72.2 Å². The summed E-state index contributed by atoms with van der Waals surface area (Å²) in [6.45, 7) is 2.56. The SMILES string of the molecule is c1ccc2c(CO[C@@H]3CNCC[C@@H]3c3ccoc3)cccc2c1. The van der Waals surface area contributed by atoms with Crippen LogP contribution in [0.1, 0.15) is 23.5 Å². The third-order valence-electron chi connectivity index (χ3n) is 4.73. The van der Waals surface area contributed by atoms with Crippen molar-refractivity contribution in [1.29, 1.82) is 0 Å². The van der Waals surface area contributed by atoms with Crippen molar-refractivity contribution < 1.29 is 9.15 Å². The van der Waals surface area contributed by atoms with E-state index in [1.165, 1.54) is 21.9 Å². The Hall–Kier alpha value is -2.10. The van der Waals surface area contributed by atoms with E-state index < -0.39 is 0 Å². The fourth-order valence-corrected chi connectivity index (χ4v) is 3.49. The van der Waals surface area contributed by atoms with E-state index in [9.17, 15) is 0 Å². The van der Waals surface area contributed by atoms with Crippen LogP contribution in [0.15, 0.2) is 65.5 Å². The number of piperidine rings is 1. The average molecular weight is 307 g/mol. The van der Waals surface area contributed by atoms with Crippen LogP contribution < -0.4 is 5.32 Å². The maximum Gasteiger partial charge on any atom is 0.0938 e. The normalized spacial score (nSPS) is 21.6. The van der Waals surface area contributed by atoms with Gasteiger partial charge in [0.2, 0.25) is 0 Å². The number of rotatable bonds is 4. The van der Waals surface area contributed by atoms with Crippen molar-refractivity contribution in [2.45, 2.75) is 25.0 Å². The van der Waals surface area contributed by atoms with E-state index >= 15 is 0 Å². The van der Waals surface area contributed by atoms with Gasteiger partial charge in [-0.2, -0.15) is 0 Å². The van der Waals surface area contributed by atoms with Gasteiger partial charge in [-0.1, -0.05) is 42.5 Å². The van der Waals surface area contributed by atoms with Crippen LogP contribution >= 0.6 is 0 Å². The smallest absolute Gasteiger partial charge is 0.0938 e. The van der Waals surface area contributed by atoms with Crippen molar-refractivity contribution in [3.63, 3.8) is 0 Å². The molecule has 1 saturated heterocycles. The molecule has 4 rings (SSSR count). The molecule has 3 aromatic rings. The Balaban J connectivity index is 1.52. The molecule has 1 aliphatic heterocycles. The molecule has 1 aromatic heterocycles. The molecule has 2 heterocycles. The van der Waals surface area contributed by atoms with E-state index in [0.29, 0.717) is 12.5 Å². The molecule has 2 atom stereocenters. The van der Waals surface area contributed by atoms with E-state index in [2.05, 4.69) is 53.8 Å². The number of ether oxygens (including phenoxy) is 1. The standard InChI is InChI=1S/C20H21NO2/c1-2-7-18-15(4-1)5-3-6-16(18)14-23-20-12-21-10-8-19(20)17-9-11-22-13-17/h1-7,9,11,13,19-21H,8,10,12,14H2/t19-,20-/m1/s1. The molecule has 0 spiro atoms. The van der Waals surface area contributed by atoms with E-state index in [4.69, 9.17) is 9.15 Å². The molecule has 0 bridgehead atoms. The summed E-state index contributed by atoms with van der Waals surface area (Å²) in [5.74, 6) is 0.407. The molecule has 0 amide bonds. The van der Waals surface area contributed by atoms with E-state index in [1.54, 1.807) is 6.26 Å². The first kappa shape index (κ1) is 14.5. The highest BCUT2D eigenvalue weighted by Crippen LogP contribution is 2.29. The fraction of sp³-hybridized carbons (Fsp3) is 0.300. The summed E-state index contributed by atoms with van der Waals surface area (Å²) in [5, 5.41) is 5.99. The summed E-state index contributed by atoms with van der Waals surface area (Å²) in [6.07, 6.45) is 4.86. The third-order valence-corrected chi connectivity index (χ3v) is 4.73. The van der Waals surface area contributed by atoms with Gasteiger partial charge in [0, 0.05) is 12.5 Å². The molecule has 0 radical (unpaired) electrons. The Labute approximate surface area is 136 Å². The van der Waals surface area contributed by atoms with Gasteiger partial charge in [0.1, 0.15) is 0 Å². The van der Waals surface area contributed by atoms with Crippen LogP contribution in [0, 0.1) is 0 Å². The second kappa shape index (κ2) is 6.57. The zero-order valence-electron chi connectivity index (χ0n) is 13.1. The first-order valence-electron chi connectivity index (χ1n) is 8.23. The second-order valence-electron chi connectivity index (χ2n) is 6.14. The molecule has 3 heteroatoms. The molecule has 1 N–H and O–H groups in total. The predicted molar refractivity (Wildman–Crippen MR) is 91.5 cm³/mol. The number of hydrogen-bond acceptors (Lipinski definition) is 3. The van der Waals surface area contributed by atoms with Gasteiger partial charge in [-0.3, -0.25) is 0 Å². The Morgan fingerprint density at radius 1 is 1.09 bits per heavy atom. The monoisotopic (exact) mass is 307 g/mol. The number of fused-ring (bicyclic) bond motifs is 1. The van der Waals surface area contributed by atoms with Crippen LogP contribution in [0.4, 0.5) is 0 Å². The summed E-state index contributed by atoms with van der Waals surface area (Å²) in [7, 11) is 0. The first-order valence-corrected chi connectivity index (χ1v) is 8.23. The summed E-state index contributed by atoms with van der Waals surface area (Å²) >= 11 is 0. The van der Waals surface area contributed by atoms with Gasteiger partial charge in [-0.05, 0) is 40.9 Å². The Bertz CT molecular complexity index is 761. The summed E-state index contributed by atoms with van der Waals surface area (Å²) in [6, 6.07) is 16.9. The molecule has 118 valence electrons. The molecular weight excluding hydrogens is 286 g/mol. The minimum atomic E-state index is 0.181. The molecular formula is C20H21NO2. The van der Waals surface area contributed by atoms with Crippen molar-refractivity contribution in [2.24, 2.45) is 0 Å². The van der Waals surface area contributed by atoms with E-state index in [-0.39, 0.29) is 6.10 Å². The Kier molecular flexibility index (Phi) is 4.14. The van der Waals surface area contributed by atoms with Gasteiger partial charge < -0.3 is 14.5 Å². The molecule has 1 aliphatic rings. The molecule has 0 saturated carbocycles. The molecule has 2 aromatic carbocycles. The molecule has 3 nitrogen and oxygen atoms in total. The van der Waals surface area contributed by atoms with Crippen LogP contribution in [-0.4, -0.2) is 19.2 Å². The van der Waals surface area contributed by atoms with Crippen molar-refractivity contribution in [2.75, 3.05) is 13.1 Å². The van der Waals surface area contributed by atoms with Crippen LogP contribution in [0.25, 0.3) is 10.8 Å². The second-order valence-corrected chi connectivity index (χ2v) is 6.14. The minimum Gasteiger partial charge on any atom is -0.472 e. The zero-order valence-corrected chi connectivity index (χ0v) is 13.1. The summed E-state index contributed by atoms with van der Waals surface area (Å²) in [5.41, 5.74) is 2.49. The molecule has 0 aliphatic carbocycles. The van der Waals surface area contributed by atoms with Crippen molar-refractivity contribution in [3.8, 4) is 0 Å². The number of hydrogen-bond donors (Lipinski definition) is 1. The summed E-state index contributed by atoms with van der Waals surface area (Å²) in [4.78, 5) is 0. The number of furan rings is 1. The van der Waals surface area contributed by atoms with Gasteiger partial charge in [0.25, 0.3) is 0 Å². The topological polar surface area (TPSA) is 34.4 Å². The van der Waals surface area contributed by atoms with Crippen molar-refractivity contribution in [1.82, 2.24) is 5.32 Å². The van der Waals surface area contributed by atoms with Gasteiger partial charge in [0.05, 0.1) is 25.2 Å². The first-order chi connectivity index (χ1) is 11.4. The van der Waals surface area contributed by atoms with E-state index in [1.807, 2.05) is 6.26 Å². The molecule has 1 fully saturated rings. The van der Waals surface area contributed by atoms with Gasteiger partial charge in [-0.25, -0.2) is 0 Å². The van der Waals surface area contributed by atoms with Crippen LogP contribution in [0.2, 0.25) is 0 Å². The lowest BCUT2D eigenvalue weighted by Gasteiger charge is -2.31. The Morgan fingerprint density at radius 2 is 2.00 bits per heavy atom. The summed E-state index contributed by atoms with van der Waals surface area (Å²) < 4.78 is 11.6. The highest BCUT2D eigenvalue weighted by atomic mass is 16.5. The number of benzene rings is 2. The van der Waals surface area contributed by atoms with Crippen LogP contribution in [0.5, 0.6) is 0 Å². The van der Waals surface area contributed by atoms with E-state index in [0.717, 1.165) is 19.5 Å². The largest absolute Gasteiger partial charge is 0.472 e. The number of nitrogens with one attached hydrogen (secondary N) is 1. The van der Waals surface area contributed by atoms with Gasteiger partial charge in [-0.15, -0.1) is 0 Å². The maximum atomic E-state index is 6.31. The zero-order chi connectivity index (χ0) is 15.5. The maximum absolute atomic E-state index is 6.31. The molecule has 0 unspecified atom stereocenters. The quantitative estimate of drug-likeness (QED) is 0.788. The highest BCUT2D eigenvalue weighted by molar-refractivity contribution is 5.85. The third kappa shape index (κ3) is 3.03. The fourth-order valence-electron chi connectivity index (χ4n) is 3.49. The lowest BCUT2D eigenvalue weighted by molar-refractivity contribution is 0.0110. The van der Waals surface area contributed by atoms with Crippen LogP contribution in [0.3, 0.4) is 0 Å². The predicted octanol–water partition coefficient (Wildman–Crippen LogP) is 4.10. The van der Waals surface area contributed by atoms with Gasteiger partial charge in [0.15, 0.2) is 0 Å². The lowest BCUT2D eigenvalue weighted by atomic mass is 9.89. The van der Waals surface area contributed by atoms with Crippen LogP contribution in [-0.2, 0) is 11.3 Å². The molecule has 23 heavy (non-hydrogen) atoms. The minimum absolute atomic E-state index is 0.181. The van der Waals surface area contributed by atoms with Crippen molar-refractivity contribution >= 4 is 10.8 Å². The Morgan fingerprint density at radius 3 is 2.91 bits per heavy atom. The lowest BCUT2D eigenvalue weighted by Crippen LogP contribution is -2.40. The average Bonchev–Trinajstić information content (AvgIpc) is 3.14. The highest BCUT2D eigenvalue weighted by Gasteiger charge is 2.27. The van der Waals surface area contributed by atoms with Gasteiger partial charge >= 0.3 is 0 Å².